The van der Waals surface area contributed by atoms with Crippen molar-refractivity contribution >= 4 is 47.8 Å². The van der Waals surface area contributed by atoms with Gasteiger partial charge < -0.3 is 0 Å². The first-order valence-corrected chi connectivity index (χ1v) is 47.4. The molecule has 0 aromatic heterocycles. The number of halogens is 1. The normalized spacial score (nSPS) is 15.4. The first kappa shape index (κ1) is 95.2. The summed E-state index contributed by atoms with van der Waals surface area (Å²) in [6.45, 7) is 110. The molecule has 0 saturated carbocycles. The van der Waals surface area contributed by atoms with Crippen molar-refractivity contribution < 1.29 is 0 Å². The van der Waals surface area contributed by atoms with Crippen LogP contribution in [0.4, 0.5) is 0 Å². The molecule has 568 valence electrons. The number of hydrogen-bond donors (Lipinski definition) is 0. The summed E-state index contributed by atoms with van der Waals surface area (Å²) in [5.74, 6) is 0. The zero-order valence-electron chi connectivity index (χ0n) is 71.6. The molecule has 0 fully saturated rings. The summed E-state index contributed by atoms with van der Waals surface area (Å²) in [4.78, 5) is 0. The summed E-state index contributed by atoms with van der Waals surface area (Å²) >= 11 is 11.2. The Morgan fingerprint density at radius 1 is 0.149 bits per heavy atom. The van der Waals surface area contributed by atoms with E-state index in [0.29, 0.717) is 0 Å². The maximum absolute atomic E-state index is 11.2. The molecule has 16 nitrogen and oxygen atoms in total. The van der Waals surface area contributed by atoms with Gasteiger partial charge in [-0.2, -0.15) is 0 Å². The molecular formula is C72H168ClN16P5. The van der Waals surface area contributed by atoms with E-state index in [0.717, 1.165) is 0 Å². The summed E-state index contributed by atoms with van der Waals surface area (Å²) in [5.41, 5.74) is 0. The Kier molecular flexibility index (Phi) is 38.2. The monoisotopic (exact) mass is 1450 g/mol. The van der Waals surface area contributed by atoms with Gasteiger partial charge in [-0.25, -0.2) is 0 Å². The fourth-order valence-electron chi connectivity index (χ4n) is 17.5. The first-order valence-electron chi connectivity index (χ1n) is 38.1. The number of rotatable bonds is 40. The van der Waals surface area contributed by atoms with E-state index in [9.17, 15) is 11.2 Å². The van der Waals surface area contributed by atoms with E-state index >= 15 is 0 Å². The van der Waals surface area contributed by atoms with E-state index in [4.69, 9.17) is 18.1 Å². The van der Waals surface area contributed by atoms with Crippen LogP contribution in [0.3, 0.4) is 0 Å². The Morgan fingerprint density at radius 2 is 0.202 bits per heavy atom. The molecule has 0 unspecified atom stereocenters. The van der Waals surface area contributed by atoms with Crippen LogP contribution >= 0.6 is 47.8 Å². The fraction of sp³-hybridized carbons (Fsp3) is 1.00. The SMILES string of the molecule is CC(C)N(C(C)C)P(=NP(Cl)(N=P(N(C(C)C)C(C)C)(N(C(C)C)C(C)C)N(C(C)C)C(C)C)(N=P(N(C(C)C)C(C)C)(N(C(C)C)C(C)C)N(C(C)C)C(C)C)N=P(N(C(C)C)C(C)C)(N(C(C)C)C(C)C)N(C(C)C)C(C)C)(N(C(C)C)C(C)C)N(C(C)C)C(C)C. The van der Waals surface area contributed by atoms with Crippen LogP contribution in [0.15, 0.2) is 18.1 Å². The molecule has 0 aliphatic heterocycles. The van der Waals surface area contributed by atoms with Gasteiger partial charge in [-0.05, 0) is 0 Å². The molecule has 0 heterocycles. The minimum absolute atomic E-state index is 0.0169. The van der Waals surface area contributed by atoms with Gasteiger partial charge in [0.25, 0.3) is 0 Å². The predicted octanol–water partition coefficient (Wildman–Crippen LogP) is 24.6. The van der Waals surface area contributed by atoms with Gasteiger partial charge in [0, 0.05) is 0 Å². The zero-order valence-corrected chi connectivity index (χ0v) is 76.9. The van der Waals surface area contributed by atoms with Crippen LogP contribution in [0.2, 0.25) is 0 Å². The molecule has 0 saturated heterocycles. The summed E-state index contributed by atoms with van der Waals surface area (Å²) in [7, 11) is -14.6. The molecule has 0 aliphatic rings. The van der Waals surface area contributed by atoms with E-state index in [-0.39, 0.29) is 145 Å². The summed E-state index contributed by atoms with van der Waals surface area (Å²) in [6.07, 6.45) is 0. The number of hydrogen-bond acceptors (Lipinski definition) is 4. The summed E-state index contributed by atoms with van der Waals surface area (Å²) in [5, 5.41) is 0. The van der Waals surface area contributed by atoms with Gasteiger partial charge in [-0.15, -0.1) is 0 Å². The fourth-order valence-corrected chi connectivity index (χ4v) is 52.3. The van der Waals surface area contributed by atoms with Gasteiger partial charge in [-0.1, -0.05) is 0 Å². The molecule has 94 heavy (non-hydrogen) atoms. The summed E-state index contributed by atoms with van der Waals surface area (Å²) < 4.78 is 65.4. The van der Waals surface area contributed by atoms with Gasteiger partial charge >= 0.3 is 599 Å². The van der Waals surface area contributed by atoms with Crippen molar-refractivity contribution in [1.82, 2.24) is 56.0 Å². The average Bonchev–Trinajstić information content (AvgIpc) is 3.27. The standard InChI is InChI=1S/C72H168ClN16P5/c1-49(2)78(50(3)4)90(79(51(5)6)52(7)8,80(53(9)10)54(11)12)74-94(73,75-91(81(55(13)14)56(15)16,82(57(17)18)58(19)20)83(59(21)22)60(23)24,76-92(84(61(25)26)62(27)28,85(63(29)30)64(31)32)86(65(33)34)66(35)36)77-93(87(67(37)38)68(39)40,88(69(41)42)70(43)44)89(71(45)46)72(47)48/h49-72H,1-48H3. The van der Waals surface area contributed by atoms with Crippen LogP contribution in [0.1, 0.15) is 332 Å². The van der Waals surface area contributed by atoms with Crippen LogP contribution < -0.4 is 0 Å². The van der Waals surface area contributed by atoms with Crippen molar-refractivity contribution in [3.63, 3.8) is 0 Å². The summed E-state index contributed by atoms with van der Waals surface area (Å²) in [6, 6.07) is -0.406. The van der Waals surface area contributed by atoms with Gasteiger partial charge in [0.1, 0.15) is 0 Å². The molecule has 0 bridgehead atoms. The van der Waals surface area contributed by atoms with Crippen LogP contribution in [0.5, 0.6) is 0 Å². The molecule has 0 aromatic rings. The maximum atomic E-state index is 11.2. The van der Waals surface area contributed by atoms with Crippen molar-refractivity contribution in [2.24, 2.45) is 18.1 Å². The number of nitrogens with zero attached hydrogens (tertiary/aromatic N) is 16. The Bertz CT molecular complexity index is 1810. The zero-order chi connectivity index (χ0) is 75.1. The van der Waals surface area contributed by atoms with E-state index in [1.54, 1.807) is 0 Å². The molecule has 0 spiro atoms. The van der Waals surface area contributed by atoms with Crippen LogP contribution in [0.25, 0.3) is 0 Å². The van der Waals surface area contributed by atoms with Crippen LogP contribution in [-0.2, 0) is 0 Å². The molecule has 0 N–H and O–H groups in total. The minimum atomic E-state index is -6.13. The molecule has 0 aliphatic carbocycles. The first-order chi connectivity index (χ1) is 42.3. The van der Waals surface area contributed by atoms with Gasteiger partial charge in [0.2, 0.25) is 0 Å². The second kappa shape index (κ2) is 37.7. The third-order valence-corrected chi connectivity index (χ3v) is 47.2. The Morgan fingerprint density at radius 3 is 0.245 bits per heavy atom. The second-order valence-corrected chi connectivity index (χ2v) is 50.3. The topological polar surface area (TPSA) is 88.3 Å². The van der Waals surface area contributed by atoms with Crippen LogP contribution in [-0.4, -0.2) is 201 Å². The van der Waals surface area contributed by atoms with E-state index < -0.39 is 36.6 Å². The molecule has 0 radical (unpaired) electrons. The van der Waals surface area contributed by atoms with Gasteiger partial charge in [-0.3, -0.25) is 0 Å². The Hall–Kier alpha value is 1.16. The van der Waals surface area contributed by atoms with Crippen molar-refractivity contribution in [2.45, 2.75) is 477 Å². The molecular weight excluding hydrogens is 1280 g/mol. The second-order valence-electron chi connectivity index (χ2n) is 34.2. The molecule has 0 aromatic carbocycles. The van der Waals surface area contributed by atoms with Crippen LogP contribution in [0, 0.1) is 0 Å². The van der Waals surface area contributed by atoms with Crippen molar-refractivity contribution in [1.29, 1.82) is 0 Å². The molecule has 22 heteroatoms. The van der Waals surface area contributed by atoms with E-state index in [1.165, 1.54) is 0 Å². The van der Waals surface area contributed by atoms with Gasteiger partial charge in [0.15, 0.2) is 0 Å². The third-order valence-electron chi connectivity index (χ3n) is 17.5. The van der Waals surface area contributed by atoms with E-state index in [2.05, 4.69) is 388 Å². The van der Waals surface area contributed by atoms with E-state index in [1.807, 2.05) is 0 Å². The Balaban J connectivity index is 15.9. The quantitative estimate of drug-likeness (QED) is 0.0548. The van der Waals surface area contributed by atoms with Gasteiger partial charge in [0.05, 0.1) is 0 Å². The predicted molar refractivity (Wildman–Crippen MR) is 435 cm³/mol. The van der Waals surface area contributed by atoms with Crippen molar-refractivity contribution in [3.05, 3.63) is 0 Å². The molecule has 0 atom stereocenters. The molecule has 0 amide bonds. The Labute approximate surface area is 595 Å². The van der Waals surface area contributed by atoms with Crippen molar-refractivity contribution in [3.8, 4) is 0 Å². The third kappa shape index (κ3) is 20.4. The molecule has 0 rings (SSSR count). The average molecular weight is 1450 g/mol. The van der Waals surface area contributed by atoms with Crippen molar-refractivity contribution in [2.75, 3.05) is 0 Å².